The van der Waals surface area contributed by atoms with Crippen LogP contribution < -0.4 is 5.73 Å². The Hall–Kier alpha value is -1.05. The lowest BCUT2D eigenvalue weighted by molar-refractivity contribution is 1.01. The van der Waals surface area contributed by atoms with Gasteiger partial charge in [0.2, 0.25) is 0 Å². The molecular weight excluding hydrogens is 136 g/mol. The van der Waals surface area contributed by atoms with Crippen LogP contribution in [0.4, 0.5) is 5.69 Å². The molecule has 60 valence electrons. The molecule has 0 amide bonds. The van der Waals surface area contributed by atoms with Crippen molar-refractivity contribution in [1.29, 1.82) is 0 Å². The van der Waals surface area contributed by atoms with Gasteiger partial charge < -0.3 is 5.73 Å². The van der Waals surface area contributed by atoms with Crippen LogP contribution in [0.25, 0.3) is 0 Å². The summed E-state index contributed by atoms with van der Waals surface area (Å²) >= 11 is 0. The van der Waals surface area contributed by atoms with E-state index >= 15 is 0 Å². The molecule has 11 heavy (non-hydrogen) atoms. The number of nitrogens with zero attached hydrogens (tertiary/aromatic N) is 1. The summed E-state index contributed by atoms with van der Waals surface area (Å²) in [6.07, 6.45) is 3.73. The second-order valence-electron chi connectivity index (χ2n) is 2.54. The van der Waals surface area contributed by atoms with Crippen molar-refractivity contribution in [1.82, 2.24) is 4.98 Å². The summed E-state index contributed by atoms with van der Waals surface area (Å²) in [5.74, 6) is 0. The summed E-state index contributed by atoms with van der Waals surface area (Å²) in [4.78, 5) is 4.18. The van der Waals surface area contributed by atoms with Crippen molar-refractivity contribution >= 4 is 5.69 Å². The Morgan fingerprint density at radius 1 is 1.36 bits per heavy atom. The summed E-state index contributed by atoms with van der Waals surface area (Å²) < 4.78 is 0. The average Bonchev–Trinajstić information content (AvgIpc) is 2.05. The van der Waals surface area contributed by atoms with E-state index < -0.39 is 0 Å². The number of hydrogen-bond donors (Lipinski definition) is 1. The smallest absolute Gasteiger partial charge is 0.0632 e. The van der Waals surface area contributed by atoms with Crippen LogP contribution in [-0.2, 0) is 12.8 Å². The molecule has 1 rings (SSSR count). The first-order valence-corrected chi connectivity index (χ1v) is 4.01. The van der Waals surface area contributed by atoms with E-state index in [-0.39, 0.29) is 0 Å². The van der Waals surface area contributed by atoms with Gasteiger partial charge in [0.1, 0.15) is 0 Å². The summed E-state index contributed by atoms with van der Waals surface area (Å²) in [5, 5.41) is 0. The van der Waals surface area contributed by atoms with E-state index in [2.05, 4.69) is 18.8 Å². The lowest BCUT2D eigenvalue weighted by atomic mass is 10.1. The molecule has 0 aromatic carbocycles. The Balaban J connectivity index is 3.10. The number of nitrogen functional groups attached to an aromatic ring is 1. The first-order valence-electron chi connectivity index (χ1n) is 4.01. The Labute approximate surface area is 67.5 Å². The molecule has 2 nitrogen and oxygen atoms in total. The van der Waals surface area contributed by atoms with Crippen molar-refractivity contribution in [3.05, 3.63) is 23.5 Å². The first-order chi connectivity index (χ1) is 5.29. The third kappa shape index (κ3) is 1.50. The van der Waals surface area contributed by atoms with Crippen molar-refractivity contribution in [3.8, 4) is 0 Å². The molecule has 0 spiro atoms. The molecule has 0 saturated carbocycles. The quantitative estimate of drug-likeness (QED) is 0.698. The number of anilines is 1. The highest BCUT2D eigenvalue weighted by Crippen LogP contribution is 2.15. The minimum atomic E-state index is 0.873. The number of aromatic nitrogens is 1. The average molecular weight is 150 g/mol. The van der Waals surface area contributed by atoms with Crippen LogP contribution in [0, 0.1) is 0 Å². The van der Waals surface area contributed by atoms with Gasteiger partial charge in [0.15, 0.2) is 0 Å². The van der Waals surface area contributed by atoms with Crippen LogP contribution in [0.15, 0.2) is 12.3 Å². The SMILES string of the molecule is CCc1ccnc(CC)c1N. The van der Waals surface area contributed by atoms with Gasteiger partial charge in [-0.05, 0) is 24.5 Å². The molecule has 0 bridgehead atoms. The van der Waals surface area contributed by atoms with Gasteiger partial charge in [-0.3, -0.25) is 4.98 Å². The van der Waals surface area contributed by atoms with Crippen molar-refractivity contribution in [2.75, 3.05) is 5.73 Å². The highest BCUT2D eigenvalue weighted by Gasteiger charge is 2.01. The summed E-state index contributed by atoms with van der Waals surface area (Å²) in [6.45, 7) is 4.17. The number of rotatable bonds is 2. The van der Waals surface area contributed by atoms with Gasteiger partial charge in [0.25, 0.3) is 0 Å². The monoisotopic (exact) mass is 150 g/mol. The first kappa shape index (κ1) is 8.05. The fraction of sp³-hybridized carbons (Fsp3) is 0.444. The number of hydrogen-bond acceptors (Lipinski definition) is 2. The number of nitrogens with two attached hydrogens (primary N) is 1. The summed E-state index contributed by atoms with van der Waals surface area (Å²) in [7, 11) is 0. The van der Waals surface area contributed by atoms with E-state index in [9.17, 15) is 0 Å². The van der Waals surface area contributed by atoms with E-state index in [1.807, 2.05) is 12.3 Å². The van der Waals surface area contributed by atoms with Gasteiger partial charge in [0, 0.05) is 6.20 Å². The Morgan fingerprint density at radius 2 is 2.09 bits per heavy atom. The van der Waals surface area contributed by atoms with E-state index in [1.54, 1.807) is 0 Å². The minimum absolute atomic E-state index is 0.873. The molecule has 0 aliphatic carbocycles. The maximum absolute atomic E-state index is 5.84. The van der Waals surface area contributed by atoms with Crippen LogP contribution in [0.5, 0.6) is 0 Å². The van der Waals surface area contributed by atoms with Crippen LogP contribution in [-0.4, -0.2) is 4.98 Å². The normalized spacial score (nSPS) is 10.0. The third-order valence-electron chi connectivity index (χ3n) is 1.88. The highest BCUT2D eigenvalue weighted by atomic mass is 14.7. The van der Waals surface area contributed by atoms with Gasteiger partial charge in [-0.15, -0.1) is 0 Å². The highest BCUT2D eigenvalue weighted by molar-refractivity contribution is 5.50. The zero-order chi connectivity index (χ0) is 8.27. The van der Waals surface area contributed by atoms with E-state index in [4.69, 9.17) is 5.73 Å². The Morgan fingerprint density at radius 3 is 2.64 bits per heavy atom. The van der Waals surface area contributed by atoms with Crippen LogP contribution in [0.1, 0.15) is 25.1 Å². The zero-order valence-corrected chi connectivity index (χ0v) is 7.09. The van der Waals surface area contributed by atoms with Gasteiger partial charge in [-0.1, -0.05) is 13.8 Å². The topological polar surface area (TPSA) is 38.9 Å². The molecule has 1 aromatic heterocycles. The molecule has 2 heteroatoms. The molecule has 1 heterocycles. The van der Waals surface area contributed by atoms with Gasteiger partial charge in [-0.25, -0.2) is 0 Å². The van der Waals surface area contributed by atoms with E-state index in [0.29, 0.717) is 0 Å². The van der Waals surface area contributed by atoms with Crippen molar-refractivity contribution in [2.24, 2.45) is 0 Å². The van der Waals surface area contributed by atoms with E-state index in [1.165, 1.54) is 5.56 Å². The summed E-state index contributed by atoms with van der Waals surface area (Å²) in [5.41, 5.74) is 8.94. The third-order valence-corrected chi connectivity index (χ3v) is 1.88. The maximum atomic E-state index is 5.84. The van der Waals surface area contributed by atoms with Gasteiger partial charge in [0.05, 0.1) is 11.4 Å². The fourth-order valence-electron chi connectivity index (χ4n) is 1.15. The molecule has 0 saturated heterocycles. The number of pyridine rings is 1. The Kier molecular flexibility index (Phi) is 2.47. The maximum Gasteiger partial charge on any atom is 0.0632 e. The largest absolute Gasteiger partial charge is 0.397 e. The Bertz CT molecular complexity index is 221. The lowest BCUT2D eigenvalue weighted by Gasteiger charge is -2.05. The second kappa shape index (κ2) is 3.37. The molecule has 0 radical (unpaired) electrons. The molecule has 1 aromatic rings. The summed E-state index contributed by atoms with van der Waals surface area (Å²) in [6, 6.07) is 1.98. The lowest BCUT2D eigenvalue weighted by Crippen LogP contribution is -2.00. The van der Waals surface area contributed by atoms with Crippen molar-refractivity contribution < 1.29 is 0 Å². The predicted molar refractivity (Wildman–Crippen MR) is 47.4 cm³/mol. The second-order valence-corrected chi connectivity index (χ2v) is 2.54. The zero-order valence-electron chi connectivity index (χ0n) is 7.09. The fourth-order valence-corrected chi connectivity index (χ4v) is 1.15. The molecule has 2 N–H and O–H groups in total. The minimum Gasteiger partial charge on any atom is -0.397 e. The molecule has 0 aliphatic heterocycles. The molecule has 0 unspecified atom stereocenters. The number of aryl methyl sites for hydroxylation is 2. The molecule has 0 atom stereocenters. The predicted octanol–water partition coefficient (Wildman–Crippen LogP) is 1.79. The standard InChI is InChI=1S/C9H14N2/c1-3-7-5-6-11-8(4-2)9(7)10/h5-6H,3-4,10H2,1-2H3. The van der Waals surface area contributed by atoms with Crippen LogP contribution >= 0.6 is 0 Å². The van der Waals surface area contributed by atoms with E-state index in [0.717, 1.165) is 24.2 Å². The van der Waals surface area contributed by atoms with Gasteiger partial charge in [-0.2, -0.15) is 0 Å². The molecule has 0 aliphatic rings. The molecule has 0 fully saturated rings. The van der Waals surface area contributed by atoms with Crippen LogP contribution in [0.2, 0.25) is 0 Å². The van der Waals surface area contributed by atoms with Crippen LogP contribution in [0.3, 0.4) is 0 Å². The van der Waals surface area contributed by atoms with Gasteiger partial charge >= 0.3 is 0 Å². The van der Waals surface area contributed by atoms with Crippen molar-refractivity contribution in [3.63, 3.8) is 0 Å². The molecular formula is C9H14N2. The van der Waals surface area contributed by atoms with Crippen molar-refractivity contribution in [2.45, 2.75) is 26.7 Å².